The lowest BCUT2D eigenvalue weighted by molar-refractivity contribution is 0.0226. The van der Waals surface area contributed by atoms with Gasteiger partial charge in [-0.15, -0.1) is 11.3 Å². The molecule has 1 aromatic heterocycles. The standard InChI is InChI=1S/C20H27N3O2S/c1-20(2,3)25-19(24)23-11-7-10-17(23)13-21-12-16-14-26-18(22-16)15-8-5-4-6-9-15/h4-6,8-9,14,17,21H,7,10-13H2,1-3H3/t17-/m0/s1. The lowest BCUT2D eigenvalue weighted by atomic mass is 10.2. The van der Waals surface area contributed by atoms with Crippen molar-refractivity contribution in [1.82, 2.24) is 15.2 Å². The quantitative estimate of drug-likeness (QED) is 0.849. The summed E-state index contributed by atoms with van der Waals surface area (Å²) in [5, 5.41) is 6.58. The number of rotatable bonds is 5. The van der Waals surface area contributed by atoms with Gasteiger partial charge in [0.25, 0.3) is 0 Å². The van der Waals surface area contributed by atoms with Crippen LogP contribution in [-0.2, 0) is 11.3 Å². The lowest BCUT2D eigenvalue weighted by Crippen LogP contribution is -2.44. The van der Waals surface area contributed by atoms with Crippen molar-refractivity contribution < 1.29 is 9.53 Å². The topological polar surface area (TPSA) is 54.5 Å². The summed E-state index contributed by atoms with van der Waals surface area (Å²) in [6.45, 7) is 7.96. The highest BCUT2D eigenvalue weighted by Gasteiger charge is 2.31. The average molecular weight is 374 g/mol. The van der Waals surface area contributed by atoms with E-state index in [4.69, 9.17) is 9.72 Å². The number of amides is 1. The fourth-order valence-electron chi connectivity index (χ4n) is 3.08. The summed E-state index contributed by atoms with van der Waals surface area (Å²) >= 11 is 1.66. The Morgan fingerprint density at radius 3 is 2.85 bits per heavy atom. The van der Waals surface area contributed by atoms with Gasteiger partial charge in [0.05, 0.1) is 5.69 Å². The molecule has 1 aromatic carbocycles. The van der Waals surface area contributed by atoms with Crippen LogP contribution in [0.25, 0.3) is 10.6 Å². The maximum absolute atomic E-state index is 12.3. The molecule has 1 saturated heterocycles. The summed E-state index contributed by atoms with van der Waals surface area (Å²) < 4.78 is 5.52. The monoisotopic (exact) mass is 373 g/mol. The third-order valence-electron chi connectivity index (χ3n) is 4.26. The Kier molecular flexibility index (Phi) is 5.94. The summed E-state index contributed by atoms with van der Waals surface area (Å²) in [5.74, 6) is 0. The van der Waals surface area contributed by atoms with Gasteiger partial charge in [-0.1, -0.05) is 30.3 Å². The van der Waals surface area contributed by atoms with E-state index in [0.29, 0.717) is 6.54 Å². The molecule has 140 valence electrons. The van der Waals surface area contributed by atoms with Crippen LogP contribution in [0.5, 0.6) is 0 Å². The largest absolute Gasteiger partial charge is 0.444 e. The van der Waals surface area contributed by atoms with Crippen molar-refractivity contribution in [2.75, 3.05) is 13.1 Å². The predicted octanol–water partition coefficient (Wildman–Crippen LogP) is 4.30. The van der Waals surface area contributed by atoms with E-state index in [9.17, 15) is 4.79 Å². The number of carbonyl (C=O) groups excluding carboxylic acids is 1. The number of aromatic nitrogens is 1. The molecule has 1 N–H and O–H groups in total. The highest BCUT2D eigenvalue weighted by Crippen LogP contribution is 2.23. The van der Waals surface area contributed by atoms with Crippen LogP contribution in [0.3, 0.4) is 0 Å². The first-order valence-electron chi connectivity index (χ1n) is 9.12. The molecule has 6 heteroatoms. The van der Waals surface area contributed by atoms with E-state index in [1.807, 2.05) is 43.9 Å². The molecule has 0 aliphatic carbocycles. The molecule has 0 radical (unpaired) electrons. The highest BCUT2D eigenvalue weighted by molar-refractivity contribution is 7.13. The Balaban J connectivity index is 1.50. The van der Waals surface area contributed by atoms with Crippen LogP contribution >= 0.6 is 11.3 Å². The number of benzene rings is 1. The lowest BCUT2D eigenvalue weighted by Gasteiger charge is -2.28. The van der Waals surface area contributed by atoms with Crippen LogP contribution in [0, 0.1) is 0 Å². The Hall–Kier alpha value is -1.92. The molecular formula is C20H27N3O2S. The maximum atomic E-state index is 12.3. The van der Waals surface area contributed by atoms with Crippen molar-refractivity contribution in [1.29, 1.82) is 0 Å². The molecule has 26 heavy (non-hydrogen) atoms. The van der Waals surface area contributed by atoms with Gasteiger partial charge in [-0.25, -0.2) is 9.78 Å². The van der Waals surface area contributed by atoms with Crippen LogP contribution in [-0.4, -0.2) is 40.7 Å². The maximum Gasteiger partial charge on any atom is 0.410 e. The van der Waals surface area contributed by atoms with E-state index in [-0.39, 0.29) is 12.1 Å². The van der Waals surface area contributed by atoms with Gasteiger partial charge in [-0.3, -0.25) is 0 Å². The molecule has 0 saturated carbocycles. The number of thiazole rings is 1. The number of hydrogen-bond acceptors (Lipinski definition) is 5. The van der Waals surface area contributed by atoms with Crippen molar-refractivity contribution in [3.05, 3.63) is 41.4 Å². The Morgan fingerprint density at radius 1 is 1.35 bits per heavy atom. The van der Waals surface area contributed by atoms with Crippen LogP contribution in [0.1, 0.15) is 39.3 Å². The van der Waals surface area contributed by atoms with E-state index in [0.717, 1.165) is 42.2 Å². The van der Waals surface area contributed by atoms with E-state index >= 15 is 0 Å². The molecule has 3 rings (SSSR count). The summed E-state index contributed by atoms with van der Waals surface area (Å²) in [6.07, 6.45) is 1.83. The molecule has 1 fully saturated rings. The Morgan fingerprint density at radius 2 is 2.12 bits per heavy atom. The molecule has 0 spiro atoms. The molecule has 1 aliphatic rings. The van der Waals surface area contributed by atoms with E-state index in [1.54, 1.807) is 11.3 Å². The molecule has 0 bridgehead atoms. The zero-order chi connectivity index (χ0) is 18.6. The van der Waals surface area contributed by atoms with Gasteiger partial charge >= 0.3 is 6.09 Å². The minimum Gasteiger partial charge on any atom is -0.444 e. The Labute approximate surface area is 159 Å². The fraction of sp³-hybridized carbons (Fsp3) is 0.500. The van der Waals surface area contributed by atoms with Gasteiger partial charge in [0.1, 0.15) is 10.6 Å². The van der Waals surface area contributed by atoms with Crippen molar-refractivity contribution in [2.24, 2.45) is 0 Å². The molecule has 2 aromatic rings. The predicted molar refractivity (Wildman–Crippen MR) is 105 cm³/mol. The van der Waals surface area contributed by atoms with Crippen molar-refractivity contribution in [3.63, 3.8) is 0 Å². The zero-order valence-corrected chi connectivity index (χ0v) is 16.5. The molecule has 5 nitrogen and oxygen atoms in total. The second-order valence-electron chi connectivity index (χ2n) is 7.61. The van der Waals surface area contributed by atoms with Gasteiger partial charge in [0.2, 0.25) is 0 Å². The minimum absolute atomic E-state index is 0.192. The number of likely N-dealkylation sites (tertiary alicyclic amines) is 1. The van der Waals surface area contributed by atoms with E-state index < -0.39 is 5.60 Å². The molecular weight excluding hydrogens is 346 g/mol. The number of carbonyl (C=O) groups is 1. The molecule has 2 heterocycles. The SMILES string of the molecule is CC(C)(C)OC(=O)N1CCC[C@H]1CNCc1csc(-c2ccccc2)n1. The highest BCUT2D eigenvalue weighted by atomic mass is 32.1. The normalized spacial score (nSPS) is 17.5. The average Bonchev–Trinajstić information content (AvgIpc) is 3.24. The van der Waals surface area contributed by atoms with E-state index in [1.165, 1.54) is 0 Å². The summed E-state index contributed by atoms with van der Waals surface area (Å²) in [7, 11) is 0. The number of nitrogens with zero attached hydrogens (tertiary/aromatic N) is 2. The second-order valence-corrected chi connectivity index (χ2v) is 8.47. The van der Waals surface area contributed by atoms with Gasteiger partial charge < -0.3 is 15.0 Å². The molecule has 1 amide bonds. The number of nitrogens with one attached hydrogen (secondary N) is 1. The van der Waals surface area contributed by atoms with Gasteiger partial charge in [0.15, 0.2) is 0 Å². The number of ether oxygens (including phenoxy) is 1. The van der Waals surface area contributed by atoms with Crippen LogP contribution in [0.4, 0.5) is 4.79 Å². The fourth-order valence-corrected chi connectivity index (χ4v) is 3.90. The summed E-state index contributed by atoms with van der Waals surface area (Å²) in [6, 6.07) is 10.4. The zero-order valence-electron chi connectivity index (χ0n) is 15.7. The number of hydrogen-bond donors (Lipinski definition) is 1. The molecule has 1 atom stereocenters. The van der Waals surface area contributed by atoms with Gasteiger partial charge in [0, 0.05) is 36.6 Å². The second kappa shape index (κ2) is 8.18. The van der Waals surface area contributed by atoms with Crippen LogP contribution in [0.2, 0.25) is 0 Å². The van der Waals surface area contributed by atoms with Crippen molar-refractivity contribution >= 4 is 17.4 Å². The summed E-state index contributed by atoms with van der Waals surface area (Å²) in [4.78, 5) is 18.9. The first-order chi connectivity index (χ1) is 12.4. The van der Waals surface area contributed by atoms with Crippen LogP contribution in [0.15, 0.2) is 35.7 Å². The molecule has 0 unspecified atom stereocenters. The van der Waals surface area contributed by atoms with E-state index in [2.05, 4.69) is 22.8 Å². The van der Waals surface area contributed by atoms with Crippen molar-refractivity contribution in [2.45, 2.75) is 51.8 Å². The third kappa shape index (κ3) is 5.05. The summed E-state index contributed by atoms with van der Waals surface area (Å²) in [5.41, 5.74) is 1.73. The molecule has 1 aliphatic heterocycles. The van der Waals surface area contributed by atoms with Crippen LogP contribution < -0.4 is 5.32 Å². The smallest absolute Gasteiger partial charge is 0.410 e. The Bertz CT molecular complexity index is 724. The third-order valence-corrected chi connectivity index (χ3v) is 5.20. The van der Waals surface area contributed by atoms with Crippen molar-refractivity contribution in [3.8, 4) is 10.6 Å². The minimum atomic E-state index is -0.452. The van der Waals surface area contributed by atoms with Gasteiger partial charge in [-0.05, 0) is 33.6 Å². The first kappa shape index (κ1) is 18.9. The van der Waals surface area contributed by atoms with Gasteiger partial charge in [-0.2, -0.15) is 0 Å². The first-order valence-corrected chi connectivity index (χ1v) is 10.0.